The number of carbonyl (C=O) groups is 2. The molecular formula is C16H11BrF3NO4. The van der Waals surface area contributed by atoms with Gasteiger partial charge in [-0.3, -0.25) is 4.79 Å². The smallest absolute Gasteiger partial charge is 0.342 e. The molecule has 2 aromatic rings. The van der Waals surface area contributed by atoms with Gasteiger partial charge in [0.15, 0.2) is 23.6 Å². The molecule has 1 amide bonds. The molecule has 0 spiro atoms. The molecule has 0 bridgehead atoms. The van der Waals surface area contributed by atoms with E-state index < -0.39 is 41.1 Å². The van der Waals surface area contributed by atoms with Gasteiger partial charge in [0.1, 0.15) is 11.3 Å². The molecule has 0 fully saturated rings. The Morgan fingerprint density at radius 1 is 1.16 bits per heavy atom. The number of amides is 1. The van der Waals surface area contributed by atoms with Crippen molar-refractivity contribution in [1.82, 2.24) is 0 Å². The van der Waals surface area contributed by atoms with E-state index in [0.29, 0.717) is 10.5 Å². The topological polar surface area (TPSA) is 75.6 Å². The van der Waals surface area contributed by atoms with E-state index in [9.17, 15) is 27.9 Å². The number of halogens is 4. The monoisotopic (exact) mass is 417 g/mol. The summed E-state index contributed by atoms with van der Waals surface area (Å²) >= 11 is 3.12. The maximum atomic E-state index is 13.5. The van der Waals surface area contributed by atoms with Crippen molar-refractivity contribution in [3.63, 3.8) is 0 Å². The second-order valence-electron chi connectivity index (χ2n) is 4.92. The predicted octanol–water partition coefficient (Wildman–Crippen LogP) is 3.76. The Hall–Kier alpha value is -2.55. The number of hydrogen-bond donors (Lipinski definition) is 2. The van der Waals surface area contributed by atoms with Crippen molar-refractivity contribution in [3.8, 4) is 5.75 Å². The highest BCUT2D eigenvalue weighted by Crippen LogP contribution is 2.23. The number of phenolic OH excluding ortho intramolecular Hbond substituents is 1. The second-order valence-corrected chi connectivity index (χ2v) is 5.84. The molecule has 5 nitrogen and oxygen atoms in total. The number of ether oxygens (including phenoxy) is 1. The third-order valence-corrected chi connectivity index (χ3v) is 3.62. The van der Waals surface area contributed by atoms with Crippen LogP contribution in [0, 0.1) is 17.5 Å². The second kappa shape index (κ2) is 7.56. The van der Waals surface area contributed by atoms with Gasteiger partial charge in [0.25, 0.3) is 5.91 Å². The van der Waals surface area contributed by atoms with Crippen LogP contribution in [0.4, 0.5) is 18.9 Å². The molecule has 132 valence electrons. The van der Waals surface area contributed by atoms with E-state index in [-0.39, 0.29) is 11.3 Å². The minimum atomic E-state index is -1.73. The third kappa shape index (κ3) is 4.30. The first-order valence-electron chi connectivity index (χ1n) is 6.84. The van der Waals surface area contributed by atoms with Gasteiger partial charge in [-0.2, -0.15) is 0 Å². The van der Waals surface area contributed by atoms with E-state index >= 15 is 0 Å². The van der Waals surface area contributed by atoms with Crippen molar-refractivity contribution in [1.29, 1.82) is 0 Å². The SMILES string of the molecule is CC(OC(=O)c1cc(Br)ccc1O)C(=O)Nc1ccc(F)c(F)c1F. The van der Waals surface area contributed by atoms with Crippen LogP contribution in [0.25, 0.3) is 0 Å². The zero-order valence-electron chi connectivity index (χ0n) is 12.6. The average Bonchev–Trinajstić information content (AvgIpc) is 2.57. The summed E-state index contributed by atoms with van der Waals surface area (Å²) < 4.78 is 44.9. The molecule has 25 heavy (non-hydrogen) atoms. The Balaban J connectivity index is 2.09. The Morgan fingerprint density at radius 2 is 1.84 bits per heavy atom. The van der Waals surface area contributed by atoms with Crippen molar-refractivity contribution in [2.45, 2.75) is 13.0 Å². The molecule has 2 N–H and O–H groups in total. The van der Waals surface area contributed by atoms with Crippen molar-refractivity contribution < 1.29 is 32.6 Å². The maximum Gasteiger partial charge on any atom is 0.342 e. The average molecular weight is 418 g/mol. The fourth-order valence-corrected chi connectivity index (χ4v) is 2.17. The molecule has 0 aliphatic rings. The number of nitrogens with one attached hydrogen (secondary N) is 1. The summed E-state index contributed by atoms with van der Waals surface area (Å²) in [6.07, 6.45) is -1.39. The van der Waals surface area contributed by atoms with Gasteiger partial charge in [0, 0.05) is 4.47 Å². The zero-order chi connectivity index (χ0) is 18.7. The molecule has 0 heterocycles. The van der Waals surface area contributed by atoms with Crippen LogP contribution in [0.5, 0.6) is 5.75 Å². The minimum Gasteiger partial charge on any atom is -0.507 e. The third-order valence-electron chi connectivity index (χ3n) is 3.12. The summed E-state index contributed by atoms with van der Waals surface area (Å²) in [5, 5.41) is 11.6. The van der Waals surface area contributed by atoms with Gasteiger partial charge in [0.05, 0.1) is 5.69 Å². The quantitative estimate of drug-likeness (QED) is 0.586. The summed E-state index contributed by atoms with van der Waals surface area (Å²) in [6.45, 7) is 1.19. The molecule has 2 aromatic carbocycles. The zero-order valence-corrected chi connectivity index (χ0v) is 14.2. The number of benzene rings is 2. The molecule has 1 unspecified atom stereocenters. The van der Waals surface area contributed by atoms with Crippen LogP contribution >= 0.6 is 15.9 Å². The number of phenols is 1. The largest absolute Gasteiger partial charge is 0.507 e. The molecule has 2 rings (SSSR count). The highest BCUT2D eigenvalue weighted by Gasteiger charge is 2.23. The Labute approximate surface area is 148 Å². The van der Waals surface area contributed by atoms with Gasteiger partial charge in [-0.1, -0.05) is 15.9 Å². The number of rotatable bonds is 4. The maximum absolute atomic E-state index is 13.5. The van der Waals surface area contributed by atoms with E-state index in [1.807, 2.05) is 5.32 Å². The van der Waals surface area contributed by atoms with E-state index in [1.54, 1.807) is 0 Å². The summed E-state index contributed by atoms with van der Waals surface area (Å²) in [5.74, 6) is -7.02. The molecule has 1 atom stereocenters. The number of esters is 1. The van der Waals surface area contributed by atoms with Crippen LogP contribution in [0.1, 0.15) is 17.3 Å². The lowest BCUT2D eigenvalue weighted by Crippen LogP contribution is -2.30. The van der Waals surface area contributed by atoms with Crippen molar-refractivity contribution in [3.05, 3.63) is 57.8 Å². The number of aromatic hydroxyl groups is 1. The molecule has 0 saturated heterocycles. The fraction of sp³-hybridized carbons (Fsp3) is 0.125. The number of carbonyl (C=O) groups excluding carboxylic acids is 2. The minimum absolute atomic E-state index is 0.187. The van der Waals surface area contributed by atoms with Gasteiger partial charge >= 0.3 is 5.97 Å². The van der Waals surface area contributed by atoms with Crippen LogP contribution < -0.4 is 5.32 Å². The van der Waals surface area contributed by atoms with E-state index in [2.05, 4.69) is 15.9 Å². The lowest BCUT2D eigenvalue weighted by atomic mass is 10.2. The lowest BCUT2D eigenvalue weighted by molar-refractivity contribution is -0.123. The first-order chi connectivity index (χ1) is 11.7. The van der Waals surface area contributed by atoms with Crippen LogP contribution in [0.15, 0.2) is 34.8 Å². The van der Waals surface area contributed by atoms with E-state index in [0.717, 1.165) is 6.07 Å². The number of hydrogen-bond acceptors (Lipinski definition) is 4. The lowest BCUT2D eigenvalue weighted by Gasteiger charge is -2.14. The van der Waals surface area contributed by atoms with Gasteiger partial charge < -0.3 is 15.2 Å². The predicted molar refractivity (Wildman–Crippen MR) is 85.6 cm³/mol. The molecule has 9 heteroatoms. The van der Waals surface area contributed by atoms with Gasteiger partial charge in [-0.25, -0.2) is 18.0 Å². The van der Waals surface area contributed by atoms with E-state index in [4.69, 9.17) is 4.74 Å². The van der Waals surface area contributed by atoms with Gasteiger partial charge in [-0.15, -0.1) is 0 Å². The molecule has 0 radical (unpaired) electrons. The van der Waals surface area contributed by atoms with Crippen molar-refractivity contribution in [2.24, 2.45) is 0 Å². The summed E-state index contributed by atoms with van der Waals surface area (Å²) in [5.41, 5.74) is -0.787. The van der Waals surface area contributed by atoms with Gasteiger partial charge in [-0.05, 0) is 37.3 Å². The molecular weight excluding hydrogens is 407 g/mol. The molecule has 0 aliphatic heterocycles. The summed E-state index contributed by atoms with van der Waals surface area (Å²) in [6, 6.07) is 5.51. The standard InChI is InChI=1S/C16H11BrF3NO4/c1-7(25-16(24)9-6-8(17)2-5-12(9)22)15(23)21-11-4-3-10(18)13(19)14(11)20/h2-7,22H,1H3,(H,21,23). The van der Waals surface area contributed by atoms with Gasteiger partial charge in [0.2, 0.25) is 0 Å². The highest BCUT2D eigenvalue weighted by atomic mass is 79.9. The fourth-order valence-electron chi connectivity index (χ4n) is 1.81. The normalized spacial score (nSPS) is 11.7. The Bertz CT molecular complexity index is 844. The van der Waals surface area contributed by atoms with E-state index in [1.165, 1.54) is 25.1 Å². The van der Waals surface area contributed by atoms with Crippen LogP contribution in [-0.4, -0.2) is 23.1 Å². The first-order valence-corrected chi connectivity index (χ1v) is 7.64. The van der Waals surface area contributed by atoms with Crippen LogP contribution in [0.2, 0.25) is 0 Å². The Morgan fingerprint density at radius 3 is 2.52 bits per heavy atom. The van der Waals surface area contributed by atoms with Crippen molar-refractivity contribution >= 4 is 33.5 Å². The number of anilines is 1. The molecule has 0 aliphatic carbocycles. The van der Waals surface area contributed by atoms with Crippen LogP contribution in [0.3, 0.4) is 0 Å². The molecule has 0 aromatic heterocycles. The Kier molecular flexibility index (Phi) is 5.68. The molecule has 0 saturated carbocycles. The highest BCUT2D eigenvalue weighted by molar-refractivity contribution is 9.10. The van der Waals surface area contributed by atoms with Crippen LogP contribution in [-0.2, 0) is 9.53 Å². The van der Waals surface area contributed by atoms with Crippen molar-refractivity contribution in [2.75, 3.05) is 5.32 Å². The summed E-state index contributed by atoms with van der Waals surface area (Å²) in [4.78, 5) is 23.9. The summed E-state index contributed by atoms with van der Waals surface area (Å²) in [7, 11) is 0. The first kappa shape index (κ1) is 18.8.